The molecule has 1 atom stereocenters. The fraction of sp³-hybridized carbons (Fsp3) is 0.316. The van der Waals surface area contributed by atoms with Crippen LogP contribution < -0.4 is 5.32 Å². The van der Waals surface area contributed by atoms with Crippen LogP contribution in [0.15, 0.2) is 36.9 Å². The first kappa shape index (κ1) is 21.0. The Morgan fingerprint density at radius 2 is 1.94 bits per heavy atom. The van der Waals surface area contributed by atoms with Crippen molar-refractivity contribution in [1.29, 1.82) is 0 Å². The summed E-state index contributed by atoms with van der Waals surface area (Å²) in [5.41, 5.74) is 0.274. The number of anilines is 1. The molecule has 0 bridgehead atoms. The second-order valence-electron chi connectivity index (χ2n) is 7.02. The fourth-order valence-electron chi connectivity index (χ4n) is 3.51. The third-order valence-electron chi connectivity index (χ3n) is 5.10. The summed E-state index contributed by atoms with van der Waals surface area (Å²) in [5, 5.41) is 11.0. The van der Waals surface area contributed by atoms with Crippen molar-refractivity contribution >= 4 is 23.5 Å². The summed E-state index contributed by atoms with van der Waals surface area (Å²) in [5.74, 6) is -4.25. The van der Waals surface area contributed by atoms with E-state index < -0.39 is 30.1 Å². The molecular formula is C19H17ClF3N7O. The smallest absolute Gasteiger partial charge is 0.271 e. The molecule has 1 amide bonds. The van der Waals surface area contributed by atoms with Crippen LogP contribution in [-0.2, 0) is 0 Å². The monoisotopic (exact) mass is 451 g/mol. The first-order valence-electron chi connectivity index (χ1n) is 9.34. The van der Waals surface area contributed by atoms with E-state index in [0.29, 0.717) is 5.02 Å². The van der Waals surface area contributed by atoms with Crippen LogP contribution in [0.1, 0.15) is 22.3 Å². The summed E-state index contributed by atoms with van der Waals surface area (Å²) in [6, 6.07) is 0.925. The van der Waals surface area contributed by atoms with Crippen molar-refractivity contribution in [3.05, 3.63) is 58.9 Å². The Kier molecular flexibility index (Phi) is 5.52. The van der Waals surface area contributed by atoms with E-state index in [1.807, 2.05) is 0 Å². The number of amides is 1. The van der Waals surface area contributed by atoms with Crippen LogP contribution in [0, 0.1) is 12.7 Å². The molecule has 3 heterocycles. The lowest BCUT2D eigenvalue weighted by Crippen LogP contribution is -2.47. The molecule has 162 valence electrons. The van der Waals surface area contributed by atoms with Crippen LogP contribution in [0.3, 0.4) is 0 Å². The van der Waals surface area contributed by atoms with Gasteiger partial charge in [0.25, 0.3) is 11.8 Å². The molecule has 0 saturated carbocycles. The number of hydrogen-bond donors (Lipinski definition) is 1. The number of benzene rings is 1. The van der Waals surface area contributed by atoms with Gasteiger partial charge in [-0.25, -0.2) is 23.1 Å². The van der Waals surface area contributed by atoms with Crippen molar-refractivity contribution in [1.82, 2.24) is 29.9 Å². The summed E-state index contributed by atoms with van der Waals surface area (Å²) in [6.07, 6.45) is 4.92. The molecule has 1 N–H and O–H groups in total. The van der Waals surface area contributed by atoms with E-state index in [1.165, 1.54) is 37.8 Å². The second kappa shape index (κ2) is 8.14. The number of carbonyl (C=O) groups excluding carboxylic acids is 1. The molecule has 8 nitrogen and oxygen atoms in total. The number of likely N-dealkylation sites (tertiary alicyclic amines) is 1. The number of halogens is 4. The zero-order valence-corrected chi connectivity index (χ0v) is 17.0. The maximum atomic E-state index is 14.6. The molecule has 31 heavy (non-hydrogen) atoms. The number of rotatable bonds is 5. The van der Waals surface area contributed by atoms with E-state index in [4.69, 9.17) is 11.6 Å². The molecule has 1 aliphatic rings. The molecule has 0 aliphatic carbocycles. The van der Waals surface area contributed by atoms with Crippen LogP contribution in [0.4, 0.5) is 19.1 Å². The number of alkyl halides is 2. The molecule has 1 saturated heterocycles. The molecular weight excluding hydrogens is 435 g/mol. The standard InChI is InChI=1S/C19H17ClF3N7O/c1-11-14(21)3-2-13(16(11)30-27-5-6-28-30)17(31)29-7-4-19(22,23)15(29)10-26-18-24-8-12(20)9-25-18/h2-3,5-6,8-9,15H,4,7,10H2,1H3,(H,24,25,26)/t15-/m1/s1. The third-order valence-corrected chi connectivity index (χ3v) is 5.29. The van der Waals surface area contributed by atoms with E-state index >= 15 is 0 Å². The molecule has 0 unspecified atom stereocenters. The van der Waals surface area contributed by atoms with Crippen molar-refractivity contribution in [2.24, 2.45) is 0 Å². The van der Waals surface area contributed by atoms with Crippen molar-refractivity contribution in [3.8, 4) is 5.69 Å². The van der Waals surface area contributed by atoms with Crippen LogP contribution >= 0.6 is 11.6 Å². The molecule has 12 heteroatoms. The first-order valence-corrected chi connectivity index (χ1v) is 9.72. The van der Waals surface area contributed by atoms with E-state index in [2.05, 4.69) is 25.5 Å². The highest BCUT2D eigenvalue weighted by molar-refractivity contribution is 6.30. The molecule has 4 rings (SSSR count). The topological polar surface area (TPSA) is 88.8 Å². The number of nitrogens with one attached hydrogen (secondary N) is 1. The van der Waals surface area contributed by atoms with Gasteiger partial charge in [0, 0.05) is 25.1 Å². The number of hydrogen-bond acceptors (Lipinski definition) is 6. The van der Waals surface area contributed by atoms with Gasteiger partial charge in [-0.1, -0.05) is 11.6 Å². The maximum Gasteiger partial charge on any atom is 0.271 e. The second-order valence-corrected chi connectivity index (χ2v) is 7.45. The van der Waals surface area contributed by atoms with Crippen LogP contribution in [0.5, 0.6) is 0 Å². The lowest BCUT2D eigenvalue weighted by Gasteiger charge is -2.28. The average molecular weight is 452 g/mol. The maximum absolute atomic E-state index is 14.6. The van der Waals surface area contributed by atoms with Crippen molar-refractivity contribution in [3.63, 3.8) is 0 Å². The van der Waals surface area contributed by atoms with Gasteiger partial charge in [0.05, 0.1) is 35.4 Å². The summed E-state index contributed by atoms with van der Waals surface area (Å²) >= 11 is 5.73. The van der Waals surface area contributed by atoms with Crippen molar-refractivity contribution in [2.45, 2.75) is 25.3 Å². The number of carbonyl (C=O) groups is 1. The number of aromatic nitrogens is 5. The van der Waals surface area contributed by atoms with Gasteiger partial charge in [0.1, 0.15) is 17.5 Å². The highest BCUT2D eigenvalue weighted by Crippen LogP contribution is 2.36. The van der Waals surface area contributed by atoms with Gasteiger partial charge in [-0.3, -0.25) is 4.79 Å². The Labute approximate surface area is 180 Å². The van der Waals surface area contributed by atoms with Gasteiger partial charge in [-0.05, 0) is 19.1 Å². The fourth-order valence-corrected chi connectivity index (χ4v) is 3.60. The minimum absolute atomic E-state index is 0.0283. The van der Waals surface area contributed by atoms with Gasteiger partial charge in [0.15, 0.2) is 0 Å². The predicted molar refractivity (Wildman–Crippen MR) is 106 cm³/mol. The molecule has 0 spiro atoms. The molecule has 3 aromatic rings. The third kappa shape index (κ3) is 4.05. The van der Waals surface area contributed by atoms with E-state index in [-0.39, 0.29) is 35.9 Å². The lowest BCUT2D eigenvalue weighted by atomic mass is 10.1. The van der Waals surface area contributed by atoms with Gasteiger partial charge < -0.3 is 10.2 Å². The van der Waals surface area contributed by atoms with Crippen molar-refractivity contribution in [2.75, 3.05) is 18.4 Å². The summed E-state index contributed by atoms with van der Waals surface area (Å²) in [4.78, 5) is 23.3. The number of nitrogens with zero attached hydrogens (tertiary/aromatic N) is 6. The zero-order valence-electron chi connectivity index (χ0n) is 16.3. The Balaban J connectivity index is 1.64. The normalized spacial score (nSPS) is 17.7. The van der Waals surface area contributed by atoms with Crippen LogP contribution in [-0.4, -0.2) is 60.8 Å². The summed E-state index contributed by atoms with van der Waals surface area (Å²) in [7, 11) is 0. The predicted octanol–water partition coefficient (Wildman–Crippen LogP) is 3.12. The van der Waals surface area contributed by atoms with Crippen LogP contribution in [0.2, 0.25) is 5.02 Å². The summed E-state index contributed by atoms with van der Waals surface area (Å²) in [6.45, 7) is 1.03. The molecule has 1 fully saturated rings. The van der Waals surface area contributed by atoms with E-state index in [0.717, 1.165) is 15.8 Å². The SMILES string of the molecule is Cc1c(F)ccc(C(=O)N2CCC(F)(F)[C@H]2CNc2ncc(Cl)cn2)c1-n1nccn1. The van der Waals surface area contributed by atoms with Crippen LogP contribution in [0.25, 0.3) is 5.69 Å². The highest BCUT2D eigenvalue weighted by Gasteiger charge is 2.51. The zero-order chi connectivity index (χ0) is 22.2. The van der Waals surface area contributed by atoms with Gasteiger partial charge in [-0.15, -0.1) is 0 Å². The Morgan fingerprint density at radius 3 is 2.61 bits per heavy atom. The Bertz CT molecular complexity index is 1090. The largest absolute Gasteiger partial charge is 0.352 e. The molecule has 1 aromatic carbocycles. The quantitative estimate of drug-likeness (QED) is 0.641. The first-order chi connectivity index (χ1) is 14.8. The molecule has 2 aromatic heterocycles. The van der Waals surface area contributed by atoms with E-state index in [9.17, 15) is 18.0 Å². The van der Waals surface area contributed by atoms with E-state index in [1.54, 1.807) is 0 Å². The molecule has 1 aliphatic heterocycles. The average Bonchev–Trinajstić information content (AvgIpc) is 3.37. The highest BCUT2D eigenvalue weighted by atomic mass is 35.5. The Hall–Kier alpha value is -3.21. The summed E-state index contributed by atoms with van der Waals surface area (Å²) < 4.78 is 43.4. The van der Waals surface area contributed by atoms with Gasteiger partial charge in [0.2, 0.25) is 5.95 Å². The lowest BCUT2D eigenvalue weighted by molar-refractivity contribution is -0.0249. The molecule has 0 radical (unpaired) electrons. The van der Waals surface area contributed by atoms with Gasteiger partial charge in [-0.2, -0.15) is 15.0 Å². The minimum atomic E-state index is -3.13. The minimum Gasteiger partial charge on any atom is -0.352 e. The Morgan fingerprint density at radius 1 is 1.26 bits per heavy atom. The van der Waals surface area contributed by atoms with Gasteiger partial charge >= 0.3 is 0 Å². The van der Waals surface area contributed by atoms with Crippen molar-refractivity contribution < 1.29 is 18.0 Å².